The van der Waals surface area contributed by atoms with Gasteiger partial charge in [-0.25, -0.2) is 9.36 Å². The lowest BCUT2D eigenvalue weighted by Crippen LogP contribution is -2.03. The van der Waals surface area contributed by atoms with E-state index in [-0.39, 0.29) is 12.2 Å². The second kappa shape index (κ2) is 10.6. The Hall–Kier alpha value is -1.20. The van der Waals surface area contributed by atoms with Crippen LogP contribution in [0.1, 0.15) is 55.5 Å². The van der Waals surface area contributed by atoms with E-state index in [0.717, 1.165) is 25.7 Å². The Morgan fingerprint density at radius 3 is 1.96 bits per heavy atom. The van der Waals surface area contributed by atoms with Crippen LogP contribution in [-0.2, 0) is 24.7 Å². The fraction of sp³-hybridized carbons (Fsp3) is 0.562. The molecule has 1 aromatic carbocycles. The van der Waals surface area contributed by atoms with Gasteiger partial charge in [0.05, 0.1) is 25.4 Å². The second-order valence-electron chi connectivity index (χ2n) is 5.10. The monoisotopic (exact) mass is 344 g/mol. The van der Waals surface area contributed by atoms with E-state index in [9.17, 15) is 9.36 Å². The number of carboxylic acids is 1. The first-order chi connectivity index (χ1) is 11.0. The van der Waals surface area contributed by atoms with Gasteiger partial charge in [0.25, 0.3) is 0 Å². The molecule has 0 atom stereocenters. The van der Waals surface area contributed by atoms with Crippen molar-refractivity contribution in [3.8, 4) is 0 Å². The fourth-order valence-electron chi connectivity index (χ4n) is 1.65. The van der Waals surface area contributed by atoms with Crippen molar-refractivity contribution in [2.24, 2.45) is 0 Å². The molecule has 7 heteroatoms. The zero-order valence-corrected chi connectivity index (χ0v) is 14.6. The molecule has 0 radical (unpaired) electrons. The number of hydrogen-bond donors (Lipinski definition) is 1. The highest BCUT2D eigenvalue weighted by Gasteiger charge is 2.26. The fourth-order valence-corrected chi connectivity index (χ4v) is 2.89. The first-order valence-corrected chi connectivity index (χ1v) is 9.32. The molecule has 23 heavy (non-hydrogen) atoms. The van der Waals surface area contributed by atoms with Crippen LogP contribution in [0.4, 0.5) is 0 Å². The first kappa shape index (κ1) is 19.8. The molecule has 0 aliphatic carbocycles. The Labute approximate surface area is 137 Å². The lowest BCUT2D eigenvalue weighted by Gasteiger charge is -2.18. The largest absolute Gasteiger partial charge is 0.478 e. The summed E-state index contributed by atoms with van der Waals surface area (Å²) >= 11 is 0. The van der Waals surface area contributed by atoms with E-state index in [1.165, 1.54) is 12.1 Å². The molecule has 0 saturated carbocycles. The van der Waals surface area contributed by atoms with Crippen LogP contribution in [-0.4, -0.2) is 24.3 Å². The third-order valence-electron chi connectivity index (χ3n) is 3.08. The van der Waals surface area contributed by atoms with E-state index in [1.54, 1.807) is 12.1 Å². The van der Waals surface area contributed by atoms with Crippen LogP contribution in [0.15, 0.2) is 24.3 Å². The standard InChI is InChI=1S/C16H25O6P/c1-3-5-11-20-23(19,21-12-6-4-2)22-13-14-7-9-15(10-8-14)16(17)18/h7-10H,3-6,11-13H2,1-2H3,(H,17,18). The van der Waals surface area contributed by atoms with Gasteiger partial charge in [0.15, 0.2) is 0 Å². The van der Waals surface area contributed by atoms with E-state index in [4.69, 9.17) is 18.7 Å². The number of phosphoric ester groups is 1. The van der Waals surface area contributed by atoms with Crippen LogP contribution in [0.5, 0.6) is 0 Å². The Morgan fingerprint density at radius 2 is 1.52 bits per heavy atom. The molecule has 0 fully saturated rings. The van der Waals surface area contributed by atoms with Crippen LogP contribution < -0.4 is 0 Å². The molecule has 1 N–H and O–H groups in total. The maximum Gasteiger partial charge on any atom is 0.475 e. The van der Waals surface area contributed by atoms with Crippen LogP contribution in [0.2, 0.25) is 0 Å². The van der Waals surface area contributed by atoms with Crippen molar-refractivity contribution < 1.29 is 28.0 Å². The number of carboxylic acid groups (broad SMARTS) is 1. The van der Waals surface area contributed by atoms with Crippen LogP contribution in [0.3, 0.4) is 0 Å². The van der Waals surface area contributed by atoms with E-state index >= 15 is 0 Å². The summed E-state index contributed by atoms with van der Waals surface area (Å²) in [6, 6.07) is 6.18. The zero-order chi connectivity index (χ0) is 17.1. The highest BCUT2D eigenvalue weighted by molar-refractivity contribution is 7.48. The van der Waals surface area contributed by atoms with Crippen LogP contribution in [0, 0.1) is 0 Å². The van der Waals surface area contributed by atoms with Gasteiger partial charge in [0.2, 0.25) is 0 Å². The molecule has 0 spiro atoms. The number of rotatable bonds is 12. The highest BCUT2D eigenvalue weighted by Crippen LogP contribution is 2.50. The van der Waals surface area contributed by atoms with Crippen molar-refractivity contribution in [1.82, 2.24) is 0 Å². The molecule has 0 saturated heterocycles. The normalized spacial score (nSPS) is 11.6. The van der Waals surface area contributed by atoms with Gasteiger partial charge in [-0.2, -0.15) is 0 Å². The Balaban J connectivity index is 2.60. The summed E-state index contributed by atoms with van der Waals surface area (Å²) < 4.78 is 28.6. The maximum atomic E-state index is 12.6. The average molecular weight is 344 g/mol. The van der Waals surface area contributed by atoms with E-state index < -0.39 is 13.8 Å². The summed E-state index contributed by atoms with van der Waals surface area (Å²) in [7, 11) is -3.59. The number of phosphoric acid groups is 1. The smallest absolute Gasteiger partial charge is 0.475 e. The third kappa shape index (κ3) is 7.75. The molecule has 0 aliphatic heterocycles. The molecule has 0 aromatic heterocycles. The predicted octanol–water partition coefficient (Wildman–Crippen LogP) is 4.64. The SMILES string of the molecule is CCCCOP(=O)(OCCCC)OCc1ccc(C(=O)O)cc1. The third-order valence-corrected chi connectivity index (χ3v) is 4.53. The molecule has 130 valence electrons. The van der Waals surface area contributed by atoms with E-state index in [1.807, 2.05) is 13.8 Å². The minimum atomic E-state index is -3.59. The molecule has 0 amide bonds. The highest BCUT2D eigenvalue weighted by atomic mass is 31.2. The number of aromatic carboxylic acids is 1. The summed E-state index contributed by atoms with van der Waals surface area (Å²) in [5.74, 6) is -0.992. The van der Waals surface area contributed by atoms with Crippen LogP contribution in [0.25, 0.3) is 0 Å². The van der Waals surface area contributed by atoms with Gasteiger partial charge in [-0.3, -0.25) is 13.6 Å². The molecule has 0 unspecified atom stereocenters. The molecule has 0 heterocycles. The summed E-state index contributed by atoms with van der Waals surface area (Å²) in [6.45, 7) is 4.69. The molecular weight excluding hydrogens is 319 g/mol. The molecule has 1 aromatic rings. The van der Waals surface area contributed by atoms with Gasteiger partial charge in [-0.15, -0.1) is 0 Å². The number of hydrogen-bond acceptors (Lipinski definition) is 5. The minimum Gasteiger partial charge on any atom is -0.478 e. The quantitative estimate of drug-likeness (QED) is 0.439. The van der Waals surface area contributed by atoms with Crippen molar-refractivity contribution in [2.75, 3.05) is 13.2 Å². The minimum absolute atomic E-state index is 0.0371. The van der Waals surface area contributed by atoms with Gasteiger partial charge in [-0.05, 0) is 30.5 Å². The van der Waals surface area contributed by atoms with Gasteiger partial charge in [-0.1, -0.05) is 38.8 Å². The number of benzene rings is 1. The predicted molar refractivity (Wildman–Crippen MR) is 87.5 cm³/mol. The lowest BCUT2D eigenvalue weighted by molar-refractivity contribution is 0.0696. The first-order valence-electron chi connectivity index (χ1n) is 7.86. The molecule has 0 aliphatic rings. The van der Waals surface area contributed by atoms with Gasteiger partial charge < -0.3 is 5.11 Å². The van der Waals surface area contributed by atoms with Crippen LogP contribution >= 0.6 is 7.82 Å². The summed E-state index contributed by atoms with van der Waals surface area (Å²) in [4.78, 5) is 10.8. The molecular formula is C16H25O6P. The van der Waals surface area contributed by atoms with Crippen molar-refractivity contribution in [3.63, 3.8) is 0 Å². The van der Waals surface area contributed by atoms with Crippen molar-refractivity contribution >= 4 is 13.8 Å². The Morgan fingerprint density at radius 1 is 1.00 bits per heavy atom. The van der Waals surface area contributed by atoms with Gasteiger partial charge in [0.1, 0.15) is 0 Å². The maximum absolute atomic E-state index is 12.6. The average Bonchev–Trinajstić information content (AvgIpc) is 2.54. The van der Waals surface area contributed by atoms with E-state index in [2.05, 4.69) is 0 Å². The van der Waals surface area contributed by atoms with Gasteiger partial charge >= 0.3 is 13.8 Å². The Bertz CT molecular complexity index is 500. The topological polar surface area (TPSA) is 82.1 Å². The molecule has 6 nitrogen and oxygen atoms in total. The van der Waals surface area contributed by atoms with Gasteiger partial charge in [0, 0.05) is 0 Å². The summed E-state index contributed by atoms with van der Waals surface area (Å²) in [5, 5.41) is 8.86. The molecule has 0 bridgehead atoms. The lowest BCUT2D eigenvalue weighted by atomic mass is 10.1. The number of carbonyl (C=O) groups is 1. The van der Waals surface area contributed by atoms with E-state index in [0.29, 0.717) is 18.8 Å². The Kier molecular flexibility index (Phi) is 9.10. The molecule has 1 rings (SSSR count). The van der Waals surface area contributed by atoms with Crippen molar-refractivity contribution in [1.29, 1.82) is 0 Å². The zero-order valence-electron chi connectivity index (χ0n) is 13.7. The van der Waals surface area contributed by atoms with Crippen molar-refractivity contribution in [3.05, 3.63) is 35.4 Å². The summed E-state index contributed by atoms with van der Waals surface area (Å²) in [6.07, 6.45) is 3.40. The second-order valence-corrected chi connectivity index (χ2v) is 6.77. The number of unbranched alkanes of at least 4 members (excludes halogenated alkanes) is 2. The van der Waals surface area contributed by atoms with Crippen molar-refractivity contribution in [2.45, 2.75) is 46.1 Å². The summed E-state index contributed by atoms with van der Waals surface area (Å²) in [5.41, 5.74) is 0.892.